The summed E-state index contributed by atoms with van der Waals surface area (Å²) in [5, 5.41) is 0. The average Bonchev–Trinajstić information content (AvgIpc) is 2.28. The molecule has 0 amide bonds. The molecular formula is C13H23NO. The Morgan fingerprint density at radius 3 is 2.93 bits per heavy atom. The van der Waals surface area contributed by atoms with Gasteiger partial charge in [0.25, 0.3) is 0 Å². The monoisotopic (exact) mass is 209 g/mol. The number of nitrogens with two attached hydrogens (primary N) is 1. The molecule has 0 aromatic carbocycles. The molecule has 1 saturated heterocycles. The number of hydrogen-bond donors (Lipinski definition) is 1. The molecular weight excluding hydrogens is 186 g/mol. The van der Waals surface area contributed by atoms with E-state index < -0.39 is 0 Å². The minimum absolute atomic E-state index is 0.309. The highest BCUT2D eigenvalue weighted by molar-refractivity contribution is 4.83. The van der Waals surface area contributed by atoms with Crippen molar-refractivity contribution in [2.24, 2.45) is 5.73 Å². The summed E-state index contributed by atoms with van der Waals surface area (Å²) in [6.07, 6.45) is 14.6. The molecule has 1 heterocycles. The number of terminal acetylenes is 1. The highest BCUT2D eigenvalue weighted by atomic mass is 16.5. The predicted octanol–water partition coefficient (Wildman–Crippen LogP) is 2.47. The van der Waals surface area contributed by atoms with Crippen LogP contribution in [-0.2, 0) is 4.74 Å². The third-order valence-corrected chi connectivity index (χ3v) is 3.03. The van der Waals surface area contributed by atoms with Crippen LogP contribution in [0.3, 0.4) is 0 Å². The van der Waals surface area contributed by atoms with E-state index in [2.05, 4.69) is 5.92 Å². The van der Waals surface area contributed by atoms with E-state index in [0.717, 1.165) is 38.7 Å². The zero-order valence-corrected chi connectivity index (χ0v) is 9.58. The molecule has 0 radical (unpaired) electrons. The Labute approximate surface area is 93.6 Å². The Morgan fingerprint density at radius 2 is 2.27 bits per heavy atom. The lowest BCUT2D eigenvalue weighted by molar-refractivity contribution is 0.00902. The Hall–Kier alpha value is -0.520. The van der Waals surface area contributed by atoms with Crippen molar-refractivity contribution in [3.05, 3.63) is 0 Å². The predicted molar refractivity (Wildman–Crippen MR) is 63.5 cm³/mol. The second kappa shape index (κ2) is 7.73. The molecule has 15 heavy (non-hydrogen) atoms. The molecule has 0 saturated carbocycles. The van der Waals surface area contributed by atoms with E-state index in [-0.39, 0.29) is 0 Å². The van der Waals surface area contributed by atoms with Crippen molar-refractivity contribution < 1.29 is 4.74 Å². The standard InChI is InChI=1S/C13H23NO/c1-2-3-4-7-12(14)9-10-13-8-5-6-11-15-13/h1,12-13H,3-11,14H2. The van der Waals surface area contributed by atoms with Crippen molar-refractivity contribution in [3.8, 4) is 12.3 Å². The normalized spacial score (nSPS) is 23.3. The zero-order valence-electron chi connectivity index (χ0n) is 9.58. The van der Waals surface area contributed by atoms with Crippen molar-refractivity contribution >= 4 is 0 Å². The summed E-state index contributed by atoms with van der Waals surface area (Å²) in [4.78, 5) is 0. The van der Waals surface area contributed by atoms with Gasteiger partial charge in [0.1, 0.15) is 0 Å². The molecule has 0 aromatic heterocycles. The maximum Gasteiger partial charge on any atom is 0.0575 e. The van der Waals surface area contributed by atoms with E-state index >= 15 is 0 Å². The summed E-state index contributed by atoms with van der Waals surface area (Å²) in [6, 6.07) is 0.309. The van der Waals surface area contributed by atoms with Crippen molar-refractivity contribution in [1.29, 1.82) is 0 Å². The maximum atomic E-state index is 6.01. The van der Waals surface area contributed by atoms with Crippen molar-refractivity contribution in [2.45, 2.75) is 63.5 Å². The van der Waals surface area contributed by atoms with E-state index in [0.29, 0.717) is 12.1 Å². The van der Waals surface area contributed by atoms with Gasteiger partial charge in [0, 0.05) is 19.1 Å². The van der Waals surface area contributed by atoms with Crippen molar-refractivity contribution in [1.82, 2.24) is 0 Å². The topological polar surface area (TPSA) is 35.2 Å². The molecule has 0 bridgehead atoms. The smallest absolute Gasteiger partial charge is 0.0575 e. The van der Waals surface area contributed by atoms with Gasteiger partial charge in [0.2, 0.25) is 0 Å². The summed E-state index contributed by atoms with van der Waals surface area (Å²) in [5.41, 5.74) is 6.01. The average molecular weight is 209 g/mol. The van der Waals surface area contributed by atoms with Gasteiger partial charge in [-0.15, -0.1) is 12.3 Å². The van der Waals surface area contributed by atoms with Crippen LogP contribution in [0.1, 0.15) is 51.4 Å². The number of hydrogen-bond acceptors (Lipinski definition) is 2. The van der Waals surface area contributed by atoms with Crippen LogP contribution in [0.15, 0.2) is 0 Å². The van der Waals surface area contributed by atoms with Gasteiger partial charge in [-0.3, -0.25) is 0 Å². The van der Waals surface area contributed by atoms with E-state index in [1.165, 1.54) is 19.3 Å². The summed E-state index contributed by atoms with van der Waals surface area (Å²) in [5.74, 6) is 2.65. The van der Waals surface area contributed by atoms with Crippen LogP contribution in [0.4, 0.5) is 0 Å². The molecule has 2 atom stereocenters. The van der Waals surface area contributed by atoms with Crippen LogP contribution in [0.2, 0.25) is 0 Å². The Kier molecular flexibility index (Phi) is 6.47. The second-order valence-corrected chi connectivity index (χ2v) is 4.42. The fourth-order valence-corrected chi connectivity index (χ4v) is 2.05. The van der Waals surface area contributed by atoms with Gasteiger partial charge in [-0.1, -0.05) is 0 Å². The third-order valence-electron chi connectivity index (χ3n) is 3.03. The van der Waals surface area contributed by atoms with Crippen LogP contribution in [0.5, 0.6) is 0 Å². The van der Waals surface area contributed by atoms with E-state index in [1.807, 2.05) is 0 Å². The lowest BCUT2D eigenvalue weighted by Gasteiger charge is -2.23. The highest BCUT2D eigenvalue weighted by Gasteiger charge is 2.14. The summed E-state index contributed by atoms with van der Waals surface area (Å²) in [6.45, 7) is 0.941. The first-order valence-corrected chi connectivity index (χ1v) is 6.13. The molecule has 1 aliphatic heterocycles. The molecule has 0 aliphatic carbocycles. The molecule has 0 spiro atoms. The number of rotatable bonds is 6. The van der Waals surface area contributed by atoms with E-state index in [4.69, 9.17) is 16.9 Å². The molecule has 1 rings (SSSR count). The number of ether oxygens (including phenoxy) is 1. The molecule has 1 aliphatic rings. The molecule has 2 nitrogen and oxygen atoms in total. The van der Waals surface area contributed by atoms with Gasteiger partial charge in [-0.05, 0) is 44.9 Å². The van der Waals surface area contributed by atoms with Gasteiger partial charge in [-0.2, -0.15) is 0 Å². The first-order valence-electron chi connectivity index (χ1n) is 6.13. The zero-order chi connectivity index (χ0) is 10.9. The van der Waals surface area contributed by atoms with Gasteiger partial charge in [0.05, 0.1) is 6.10 Å². The molecule has 86 valence electrons. The first kappa shape index (κ1) is 12.5. The summed E-state index contributed by atoms with van der Waals surface area (Å²) < 4.78 is 5.67. The van der Waals surface area contributed by atoms with E-state index in [1.54, 1.807) is 0 Å². The van der Waals surface area contributed by atoms with Gasteiger partial charge >= 0.3 is 0 Å². The molecule has 2 heteroatoms. The van der Waals surface area contributed by atoms with Crippen LogP contribution in [0.25, 0.3) is 0 Å². The minimum Gasteiger partial charge on any atom is -0.378 e. The van der Waals surface area contributed by atoms with Gasteiger partial charge in [0.15, 0.2) is 0 Å². The fraction of sp³-hybridized carbons (Fsp3) is 0.846. The lowest BCUT2D eigenvalue weighted by Crippen LogP contribution is -2.25. The minimum atomic E-state index is 0.309. The second-order valence-electron chi connectivity index (χ2n) is 4.42. The fourth-order valence-electron chi connectivity index (χ4n) is 2.05. The van der Waals surface area contributed by atoms with Gasteiger partial charge in [-0.25, -0.2) is 0 Å². The first-order chi connectivity index (χ1) is 7.33. The molecule has 2 unspecified atom stereocenters. The summed E-state index contributed by atoms with van der Waals surface area (Å²) in [7, 11) is 0. The van der Waals surface area contributed by atoms with Crippen LogP contribution in [-0.4, -0.2) is 18.8 Å². The van der Waals surface area contributed by atoms with E-state index in [9.17, 15) is 0 Å². The quantitative estimate of drug-likeness (QED) is 0.539. The number of unbranched alkanes of at least 4 members (excludes halogenated alkanes) is 1. The summed E-state index contributed by atoms with van der Waals surface area (Å²) >= 11 is 0. The highest BCUT2D eigenvalue weighted by Crippen LogP contribution is 2.18. The maximum absolute atomic E-state index is 6.01. The third kappa shape index (κ3) is 5.81. The Balaban J connectivity index is 2.00. The van der Waals surface area contributed by atoms with Crippen LogP contribution >= 0.6 is 0 Å². The van der Waals surface area contributed by atoms with Crippen LogP contribution < -0.4 is 5.73 Å². The Morgan fingerprint density at radius 1 is 1.40 bits per heavy atom. The molecule has 0 aromatic rings. The van der Waals surface area contributed by atoms with Gasteiger partial charge < -0.3 is 10.5 Å². The van der Waals surface area contributed by atoms with Crippen molar-refractivity contribution in [2.75, 3.05) is 6.61 Å². The Bertz CT molecular complexity index is 191. The SMILES string of the molecule is C#CCCCC(N)CCC1CCCCO1. The van der Waals surface area contributed by atoms with Crippen LogP contribution in [0, 0.1) is 12.3 Å². The molecule has 1 fully saturated rings. The van der Waals surface area contributed by atoms with Crippen molar-refractivity contribution in [3.63, 3.8) is 0 Å². The lowest BCUT2D eigenvalue weighted by atomic mass is 9.99. The molecule has 2 N–H and O–H groups in total. The largest absolute Gasteiger partial charge is 0.378 e.